The monoisotopic (exact) mass is 385 g/mol. The number of sulfone groups is 1. The van der Waals surface area contributed by atoms with E-state index in [9.17, 15) is 13.2 Å². The summed E-state index contributed by atoms with van der Waals surface area (Å²) < 4.78 is 28.8. The summed E-state index contributed by atoms with van der Waals surface area (Å²) >= 11 is 1.61. The summed E-state index contributed by atoms with van der Waals surface area (Å²) in [6.45, 7) is 0.867. The molecule has 2 heterocycles. The molecule has 1 atom stereocenters. The van der Waals surface area contributed by atoms with Crippen molar-refractivity contribution < 1.29 is 17.9 Å². The van der Waals surface area contributed by atoms with Gasteiger partial charge in [0.2, 0.25) is 0 Å². The smallest absolute Gasteiger partial charge is 0.264 e. The number of ether oxygens (including phenoxy) is 1. The number of methoxy groups -OCH3 is 1. The van der Waals surface area contributed by atoms with Gasteiger partial charge in [-0.1, -0.05) is 12.8 Å². The van der Waals surface area contributed by atoms with Gasteiger partial charge in [-0.2, -0.15) is 0 Å². The molecule has 1 fully saturated rings. The zero-order valence-electron chi connectivity index (χ0n) is 14.8. The minimum absolute atomic E-state index is 0.0316. The van der Waals surface area contributed by atoms with Crippen LogP contribution in [0.2, 0.25) is 0 Å². The molecule has 1 aliphatic carbocycles. The molecule has 1 amide bonds. The number of rotatable bonds is 5. The van der Waals surface area contributed by atoms with Crippen LogP contribution in [-0.4, -0.2) is 57.0 Å². The van der Waals surface area contributed by atoms with Gasteiger partial charge in [0.1, 0.15) is 0 Å². The molecule has 140 valence electrons. The van der Waals surface area contributed by atoms with Gasteiger partial charge in [0.25, 0.3) is 5.91 Å². The van der Waals surface area contributed by atoms with E-state index in [0.717, 1.165) is 17.7 Å². The second-order valence-electron chi connectivity index (χ2n) is 7.02. The molecule has 0 N–H and O–H groups in total. The molecule has 0 bridgehead atoms. The van der Waals surface area contributed by atoms with E-state index in [-0.39, 0.29) is 23.5 Å². The average Bonchev–Trinajstić information content (AvgIpc) is 3.10. The van der Waals surface area contributed by atoms with Crippen molar-refractivity contribution in [1.82, 2.24) is 4.90 Å². The van der Waals surface area contributed by atoms with Gasteiger partial charge >= 0.3 is 0 Å². The van der Waals surface area contributed by atoms with Crippen LogP contribution in [0.15, 0.2) is 6.07 Å². The van der Waals surface area contributed by atoms with Crippen LogP contribution >= 0.6 is 11.3 Å². The van der Waals surface area contributed by atoms with Crippen molar-refractivity contribution in [1.29, 1.82) is 0 Å². The maximum absolute atomic E-state index is 13.1. The molecule has 1 aliphatic heterocycles. The summed E-state index contributed by atoms with van der Waals surface area (Å²) in [5.41, 5.74) is 1.32. The standard InChI is InChI=1S/C18H27NO4S2/c1-23-10-9-19(15-8-11-25(21,22)13-15)18(20)17-12-14-6-4-2-3-5-7-16(14)24-17/h12,15H,2-11,13H2,1H3/t15-/m0/s1. The largest absolute Gasteiger partial charge is 0.383 e. The van der Waals surface area contributed by atoms with Gasteiger partial charge in [0.05, 0.1) is 23.0 Å². The van der Waals surface area contributed by atoms with E-state index in [4.69, 9.17) is 4.74 Å². The highest BCUT2D eigenvalue weighted by Crippen LogP contribution is 2.30. The van der Waals surface area contributed by atoms with Crippen molar-refractivity contribution in [3.05, 3.63) is 21.4 Å². The van der Waals surface area contributed by atoms with E-state index in [1.54, 1.807) is 23.3 Å². The number of fused-ring (bicyclic) bond motifs is 1. The third kappa shape index (κ3) is 4.63. The van der Waals surface area contributed by atoms with Crippen molar-refractivity contribution in [2.24, 2.45) is 0 Å². The Morgan fingerprint density at radius 2 is 2.04 bits per heavy atom. The number of hydrogen-bond donors (Lipinski definition) is 0. The summed E-state index contributed by atoms with van der Waals surface area (Å²) in [4.78, 5) is 17.0. The molecule has 1 saturated heterocycles. The summed E-state index contributed by atoms with van der Waals surface area (Å²) in [6, 6.07) is 1.83. The summed E-state index contributed by atoms with van der Waals surface area (Å²) in [5.74, 6) is 0.221. The van der Waals surface area contributed by atoms with Crippen LogP contribution < -0.4 is 0 Å². The molecule has 0 aromatic carbocycles. The van der Waals surface area contributed by atoms with Crippen molar-refractivity contribution in [3.8, 4) is 0 Å². The highest BCUT2D eigenvalue weighted by atomic mass is 32.2. The van der Waals surface area contributed by atoms with E-state index in [1.165, 1.54) is 36.1 Å². The Balaban J connectivity index is 1.81. The molecule has 0 radical (unpaired) electrons. The first-order chi connectivity index (χ1) is 12.0. The van der Waals surface area contributed by atoms with Crippen molar-refractivity contribution >= 4 is 27.1 Å². The highest BCUT2D eigenvalue weighted by Gasteiger charge is 2.35. The molecular weight excluding hydrogens is 358 g/mol. The fraction of sp³-hybridized carbons (Fsp3) is 0.722. The Morgan fingerprint density at radius 3 is 2.72 bits per heavy atom. The predicted molar refractivity (Wildman–Crippen MR) is 100 cm³/mol. The highest BCUT2D eigenvalue weighted by molar-refractivity contribution is 7.91. The minimum atomic E-state index is -3.02. The molecule has 1 aromatic heterocycles. The average molecular weight is 386 g/mol. The topological polar surface area (TPSA) is 63.7 Å². The molecule has 1 aromatic rings. The van der Waals surface area contributed by atoms with E-state index in [0.29, 0.717) is 19.6 Å². The van der Waals surface area contributed by atoms with E-state index in [2.05, 4.69) is 6.07 Å². The Hall–Kier alpha value is -0.920. The Labute approximate surface area is 154 Å². The first-order valence-corrected chi connectivity index (χ1v) is 11.8. The second-order valence-corrected chi connectivity index (χ2v) is 10.4. The maximum atomic E-state index is 13.1. The Bertz CT molecular complexity index is 685. The third-order valence-electron chi connectivity index (χ3n) is 5.15. The van der Waals surface area contributed by atoms with Crippen LogP contribution in [0, 0.1) is 0 Å². The molecule has 3 rings (SSSR count). The number of nitrogens with zero attached hydrogens (tertiary/aromatic N) is 1. The zero-order valence-corrected chi connectivity index (χ0v) is 16.5. The van der Waals surface area contributed by atoms with Crippen molar-refractivity contribution in [2.45, 2.75) is 51.0 Å². The van der Waals surface area contributed by atoms with Crippen molar-refractivity contribution in [2.75, 3.05) is 31.8 Å². The zero-order chi connectivity index (χ0) is 17.9. The summed E-state index contributed by atoms with van der Waals surface area (Å²) in [7, 11) is -1.42. The molecule has 0 spiro atoms. The molecule has 0 unspecified atom stereocenters. The van der Waals surface area contributed by atoms with E-state index < -0.39 is 9.84 Å². The van der Waals surface area contributed by atoms with Gasteiger partial charge in [0, 0.05) is 24.6 Å². The molecule has 2 aliphatic rings. The van der Waals surface area contributed by atoms with Gasteiger partial charge in [0.15, 0.2) is 9.84 Å². The van der Waals surface area contributed by atoms with Crippen LogP contribution in [0.25, 0.3) is 0 Å². The van der Waals surface area contributed by atoms with Crippen LogP contribution in [0.1, 0.15) is 52.2 Å². The molecule has 7 heteroatoms. The first kappa shape index (κ1) is 18.9. The number of amides is 1. The lowest BCUT2D eigenvalue weighted by atomic mass is 9.99. The molecule has 5 nitrogen and oxygen atoms in total. The van der Waals surface area contributed by atoms with Crippen LogP contribution in [0.5, 0.6) is 0 Å². The van der Waals surface area contributed by atoms with Gasteiger partial charge < -0.3 is 9.64 Å². The lowest BCUT2D eigenvalue weighted by Crippen LogP contribution is -2.42. The van der Waals surface area contributed by atoms with Gasteiger partial charge in [-0.3, -0.25) is 4.79 Å². The number of aryl methyl sites for hydroxylation is 2. The minimum Gasteiger partial charge on any atom is -0.383 e. The Morgan fingerprint density at radius 1 is 1.28 bits per heavy atom. The lowest BCUT2D eigenvalue weighted by molar-refractivity contribution is 0.0629. The first-order valence-electron chi connectivity index (χ1n) is 9.12. The van der Waals surface area contributed by atoms with Crippen LogP contribution in [0.3, 0.4) is 0 Å². The van der Waals surface area contributed by atoms with Crippen LogP contribution in [-0.2, 0) is 27.4 Å². The van der Waals surface area contributed by atoms with E-state index >= 15 is 0 Å². The van der Waals surface area contributed by atoms with Crippen LogP contribution in [0.4, 0.5) is 0 Å². The van der Waals surface area contributed by atoms with Gasteiger partial charge in [-0.15, -0.1) is 11.3 Å². The predicted octanol–water partition coefficient (Wildman–Crippen LogP) is 2.68. The fourth-order valence-corrected chi connectivity index (χ4v) is 6.69. The number of hydrogen-bond acceptors (Lipinski definition) is 5. The van der Waals surface area contributed by atoms with Crippen molar-refractivity contribution in [3.63, 3.8) is 0 Å². The van der Waals surface area contributed by atoms with E-state index in [1.807, 2.05) is 0 Å². The number of carbonyl (C=O) groups is 1. The lowest BCUT2D eigenvalue weighted by Gasteiger charge is -2.27. The second kappa shape index (κ2) is 8.18. The molecular formula is C18H27NO4S2. The number of thiophene rings is 1. The van der Waals surface area contributed by atoms with Gasteiger partial charge in [-0.05, 0) is 43.7 Å². The van der Waals surface area contributed by atoms with Gasteiger partial charge in [-0.25, -0.2) is 8.42 Å². The Kier molecular flexibility index (Phi) is 6.17. The quantitative estimate of drug-likeness (QED) is 0.782. The molecule has 25 heavy (non-hydrogen) atoms. The third-order valence-corrected chi connectivity index (χ3v) is 8.13. The summed E-state index contributed by atoms with van der Waals surface area (Å²) in [5, 5.41) is 0. The maximum Gasteiger partial charge on any atom is 0.264 e. The normalized spacial score (nSPS) is 22.8. The fourth-order valence-electron chi connectivity index (χ4n) is 3.75. The molecule has 0 saturated carbocycles. The number of carbonyl (C=O) groups excluding carboxylic acids is 1. The SMILES string of the molecule is COCCN(C(=O)c1cc2c(s1)CCCCCC2)[C@H]1CCS(=O)(=O)C1. The summed E-state index contributed by atoms with van der Waals surface area (Å²) in [6.07, 6.45) is 7.54.